The van der Waals surface area contributed by atoms with Crippen molar-refractivity contribution < 1.29 is 27.5 Å². The van der Waals surface area contributed by atoms with Crippen LogP contribution in [0.3, 0.4) is 0 Å². The molecule has 5 nitrogen and oxygen atoms in total. The highest BCUT2D eigenvalue weighted by Crippen LogP contribution is 2.40. The smallest absolute Gasteiger partial charge is 0.370 e. The standard InChI is InChI=1S/C20H24ClF3N2O3/c21-15-6-3-5-14(10-15)19(28)26-16-7-2-1-4-13(16)11-17(26)18(27)25-8-9-29-12-20(22,23)24/h3,5-6,10,13,16-17H,1-2,4,7-9,11-12H2,(H,25,27). The first-order valence-electron chi connectivity index (χ1n) is 9.77. The lowest BCUT2D eigenvalue weighted by Gasteiger charge is -2.33. The lowest BCUT2D eigenvalue weighted by molar-refractivity contribution is -0.173. The number of amides is 2. The van der Waals surface area contributed by atoms with Crippen molar-refractivity contribution in [2.45, 2.75) is 50.4 Å². The first kappa shape index (κ1) is 21.9. The summed E-state index contributed by atoms with van der Waals surface area (Å²) in [6, 6.07) is 5.97. The van der Waals surface area contributed by atoms with Crippen LogP contribution in [-0.4, -0.2) is 54.7 Å². The summed E-state index contributed by atoms with van der Waals surface area (Å²) in [6.07, 6.45) is 0.0373. The van der Waals surface area contributed by atoms with Gasteiger partial charge in [0.25, 0.3) is 5.91 Å². The maximum Gasteiger partial charge on any atom is 0.411 e. The van der Waals surface area contributed by atoms with E-state index in [-0.39, 0.29) is 36.9 Å². The summed E-state index contributed by atoms with van der Waals surface area (Å²) in [6.45, 7) is -1.64. The van der Waals surface area contributed by atoms with Gasteiger partial charge in [0.2, 0.25) is 5.91 Å². The number of rotatable bonds is 6. The Morgan fingerprint density at radius 3 is 2.72 bits per heavy atom. The summed E-state index contributed by atoms with van der Waals surface area (Å²) in [5.41, 5.74) is 0.426. The topological polar surface area (TPSA) is 58.6 Å². The average Bonchev–Trinajstić information content (AvgIpc) is 3.05. The van der Waals surface area contributed by atoms with Crippen molar-refractivity contribution in [2.75, 3.05) is 19.8 Å². The highest BCUT2D eigenvalue weighted by Gasteiger charge is 2.47. The number of halogens is 4. The van der Waals surface area contributed by atoms with Gasteiger partial charge in [-0.2, -0.15) is 13.2 Å². The molecule has 1 aromatic rings. The van der Waals surface area contributed by atoms with Crippen LogP contribution >= 0.6 is 11.6 Å². The van der Waals surface area contributed by atoms with Gasteiger partial charge < -0.3 is 15.0 Å². The number of likely N-dealkylation sites (tertiary alicyclic amines) is 1. The summed E-state index contributed by atoms with van der Waals surface area (Å²) < 4.78 is 40.9. The Morgan fingerprint density at radius 2 is 2.00 bits per heavy atom. The van der Waals surface area contributed by atoms with Gasteiger partial charge in [0, 0.05) is 23.2 Å². The number of nitrogens with one attached hydrogen (secondary N) is 1. The average molecular weight is 433 g/mol. The van der Waals surface area contributed by atoms with E-state index in [0.29, 0.717) is 17.0 Å². The number of hydrogen-bond acceptors (Lipinski definition) is 3. The summed E-state index contributed by atoms with van der Waals surface area (Å²) in [5, 5.41) is 3.06. The van der Waals surface area contributed by atoms with Gasteiger partial charge in [0.1, 0.15) is 12.6 Å². The third kappa shape index (κ3) is 5.63. The second-order valence-corrected chi connectivity index (χ2v) is 7.98. The van der Waals surface area contributed by atoms with E-state index in [4.69, 9.17) is 11.6 Å². The van der Waals surface area contributed by atoms with E-state index in [1.54, 1.807) is 29.2 Å². The molecule has 0 aromatic heterocycles. The van der Waals surface area contributed by atoms with Crippen LogP contribution in [0.4, 0.5) is 13.2 Å². The number of alkyl halides is 3. The Bertz CT molecular complexity index is 744. The molecule has 2 fully saturated rings. The number of benzene rings is 1. The fourth-order valence-electron chi connectivity index (χ4n) is 4.31. The Labute approximate surface area is 172 Å². The van der Waals surface area contributed by atoms with E-state index in [1.165, 1.54) is 0 Å². The Morgan fingerprint density at radius 1 is 1.24 bits per heavy atom. The van der Waals surface area contributed by atoms with E-state index >= 15 is 0 Å². The van der Waals surface area contributed by atoms with Crippen LogP contribution in [0.25, 0.3) is 0 Å². The molecule has 1 aromatic carbocycles. The number of nitrogens with zero attached hydrogens (tertiary/aromatic N) is 1. The lowest BCUT2D eigenvalue weighted by Crippen LogP contribution is -2.50. The van der Waals surface area contributed by atoms with E-state index in [9.17, 15) is 22.8 Å². The molecule has 29 heavy (non-hydrogen) atoms. The zero-order valence-corrected chi connectivity index (χ0v) is 16.6. The monoisotopic (exact) mass is 432 g/mol. The van der Waals surface area contributed by atoms with Crippen LogP contribution in [0.1, 0.15) is 42.5 Å². The number of hydrogen-bond donors (Lipinski definition) is 1. The number of fused-ring (bicyclic) bond motifs is 1. The molecule has 3 rings (SSSR count). The van der Waals surface area contributed by atoms with Gasteiger partial charge in [-0.3, -0.25) is 9.59 Å². The number of carbonyl (C=O) groups is 2. The van der Waals surface area contributed by atoms with Gasteiger partial charge in [-0.05, 0) is 43.4 Å². The SMILES string of the molecule is O=C(NCCOCC(F)(F)F)C1CC2CCCCC2N1C(=O)c1cccc(Cl)c1. The molecule has 3 unspecified atom stereocenters. The maximum atomic E-state index is 13.2. The molecular formula is C20H24ClF3N2O3. The minimum atomic E-state index is -4.40. The van der Waals surface area contributed by atoms with E-state index in [1.807, 2.05) is 0 Å². The second kappa shape index (κ2) is 9.34. The van der Waals surface area contributed by atoms with Crippen molar-refractivity contribution in [1.82, 2.24) is 10.2 Å². The van der Waals surface area contributed by atoms with E-state index in [2.05, 4.69) is 10.1 Å². The molecule has 160 valence electrons. The molecule has 0 radical (unpaired) electrons. The molecule has 2 aliphatic rings. The van der Waals surface area contributed by atoms with Gasteiger partial charge >= 0.3 is 6.18 Å². The van der Waals surface area contributed by atoms with Gasteiger partial charge in [-0.15, -0.1) is 0 Å². The largest absolute Gasteiger partial charge is 0.411 e. The summed E-state index contributed by atoms with van der Waals surface area (Å²) in [7, 11) is 0. The fraction of sp³-hybridized carbons (Fsp3) is 0.600. The molecule has 1 saturated carbocycles. The van der Waals surface area contributed by atoms with Gasteiger partial charge in [0.05, 0.1) is 6.61 Å². The van der Waals surface area contributed by atoms with Crippen LogP contribution in [0.5, 0.6) is 0 Å². The second-order valence-electron chi connectivity index (χ2n) is 7.54. The summed E-state index contributed by atoms with van der Waals surface area (Å²) in [5.74, 6) is -0.343. The predicted molar refractivity (Wildman–Crippen MR) is 102 cm³/mol. The molecular weight excluding hydrogens is 409 g/mol. The minimum Gasteiger partial charge on any atom is -0.370 e. The Kier molecular flexibility index (Phi) is 7.05. The predicted octanol–water partition coefficient (Wildman–Crippen LogP) is 3.81. The number of carbonyl (C=O) groups excluding carboxylic acids is 2. The highest BCUT2D eigenvalue weighted by molar-refractivity contribution is 6.31. The Hall–Kier alpha value is -1.80. The Balaban J connectivity index is 1.66. The molecule has 1 saturated heterocycles. The summed E-state index contributed by atoms with van der Waals surface area (Å²) >= 11 is 6.02. The highest BCUT2D eigenvalue weighted by atomic mass is 35.5. The zero-order valence-electron chi connectivity index (χ0n) is 15.9. The molecule has 9 heteroatoms. The maximum absolute atomic E-state index is 13.2. The van der Waals surface area contributed by atoms with Crippen molar-refractivity contribution in [2.24, 2.45) is 5.92 Å². The molecule has 1 N–H and O–H groups in total. The molecule has 2 amide bonds. The van der Waals surface area contributed by atoms with Crippen LogP contribution in [0.2, 0.25) is 5.02 Å². The molecule has 1 aliphatic heterocycles. The lowest BCUT2D eigenvalue weighted by atomic mass is 9.84. The number of ether oxygens (including phenoxy) is 1. The van der Waals surface area contributed by atoms with Crippen molar-refractivity contribution in [1.29, 1.82) is 0 Å². The normalized spacial score (nSPS) is 24.3. The molecule has 0 spiro atoms. The van der Waals surface area contributed by atoms with Crippen LogP contribution in [0.15, 0.2) is 24.3 Å². The molecule has 1 aliphatic carbocycles. The zero-order chi connectivity index (χ0) is 21.0. The third-order valence-electron chi connectivity index (χ3n) is 5.51. The summed E-state index contributed by atoms with van der Waals surface area (Å²) in [4.78, 5) is 27.6. The first-order chi connectivity index (χ1) is 13.8. The van der Waals surface area contributed by atoms with Gasteiger partial charge in [-0.1, -0.05) is 30.5 Å². The quantitative estimate of drug-likeness (QED) is 0.695. The van der Waals surface area contributed by atoms with Gasteiger partial charge in [-0.25, -0.2) is 0 Å². The van der Waals surface area contributed by atoms with Crippen LogP contribution < -0.4 is 5.32 Å². The first-order valence-corrected chi connectivity index (χ1v) is 10.1. The van der Waals surface area contributed by atoms with Crippen molar-refractivity contribution >= 4 is 23.4 Å². The van der Waals surface area contributed by atoms with Gasteiger partial charge in [0.15, 0.2) is 0 Å². The van der Waals surface area contributed by atoms with E-state index in [0.717, 1.165) is 25.7 Å². The molecule has 0 bridgehead atoms. The van der Waals surface area contributed by atoms with Crippen molar-refractivity contribution in [3.8, 4) is 0 Å². The fourth-order valence-corrected chi connectivity index (χ4v) is 4.50. The van der Waals surface area contributed by atoms with Crippen LogP contribution in [-0.2, 0) is 9.53 Å². The molecule has 1 heterocycles. The van der Waals surface area contributed by atoms with Crippen LogP contribution in [0, 0.1) is 5.92 Å². The van der Waals surface area contributed by atoms with E-state index < -0.39 is 18.8 Å². The van der Waals surface area contributed by atoms with Crippen molar-refractivity contribution in [3.63, 3.8) is 0 Å². The molecule has 3 atom stereocenters. The van der Waals surface area contributed by atoms with Crippen molar-refractivity contribution in [3.05, 3.63) is 34.9 Å². The minimum absolute atomic E-state index is 0.00698. The third-order valence-corrected chi connectivity index (χ3v) is 5.74.